The van der Waals surface area contributed by atoms with Gasteiger partial charge < -0.3 is 0 Å². The number of benzene rings is 1. The van der Waals surface area contributed by atoms with Crippen LogP contribution in [0.5, 0.6) is 0 Å². The molecule has 1 fully saturated rings. The molecule has 1 aliphatic heterocycles. The second-order valence-electron chi connectivity index (χ2n) is 6.31. The topological polar surface area (TPSA) is 38.9 Å². The van der Waals surface area contributed by atoms with Gasteiger partial charge in [0.15, 0.2) is 0 Å². The molecule has 124 valence electrons. The predicted octanol–water partition coefficient (Wildman–Crippen LogP) is 3.08. The average Bonchev–Trinajstić information content (AvgIpc) is 3.28. The third kappa shape index (κ3) is 2.97. The van der Waals surface area contributed by atoms with Crippen molar-refractivity contribution in [1.82, 2.24) is 24.5 Å². The molecular weight excluding hydrogens is 305 g/mol. The van der Waals surface area contributed by atoms with Gasteiger partial charge in [-0.05, 0) is 43.7 Å². The van der Waals surface area contributed by atoms with Crippen molar-refractivity contribution in [2.45, 2.75) is 25.4 Å². The van der Waals surface area contributed by atoms with Gasteiger partial charge in [0.05, 0.1) is 17.6 Å². The van der Waals surface area contributed by atoms with Crippen molar-refractivity contribution < 1.29 is 4.39 Å². The van der Waals surface area contributed by atoms with E-state index < -0.39 is 0 Å². The number of halogens is 1. The molecule has 0 aliphatic carbocycles. The van der Waals surface area contributed by atoms with Crippen LogP contribution in [-0.2, 0) is 13.6 Å². The minimum absolute atomic E-state index is 0.249. The quantitative estimate of drug-likeness (QED) is 0.740. The first-order valence-corrected chi connectivity index (χ1v) is 8.22. The Morgan fingerprint density at radius 1 is 1.29 bits per heavy atom. The standard InChI is InChI=1S/C18H20FN5/c1-22-12-14(11-20-22)18-6-3-8-23(18)13-16-7-9-24(21-16)17-5-2-4-15(19)10-17/h2,4-5,7,9-12,18H,3,6,8,13H2,1H3/t18-/m0/s1. The highest BCUT2D eigenvalue weighted by atomic mass is 19.1. The van der Waals surface area contributed by atoms with Crippen LogP contribution < -0.4 is 0 Å². The fraction of sp³-hybridized carbons (Fsp3) is 0.333. The smallest absolute Gasteiger partial charge is 0.125 e. The molecule has 24 heavy (non-hydrogen) atoms. The van der Waals surface area contributed by atoms with Crippen LogP contribution in [0.2, 0.25) is 0 Å². The minimum atomic E-state index is -0.249. The van der Waals surface area contributed by atoms with Crippen LogP contribution in [0.4, 0.5) is 4.39 Å². The van der Waals surface area contributed by atoms with Crippen molar-refractivity contribution in [3.63, 3.8) is 0 Å². The first kappa shape index (κ1) is 15.1. The zero-order chi connectivity index (χ0) is 16.5. The predicted molar refractivity (Wildman–Crippen MR) is 89.1 cm³/mol. The lowest BCUT2D eigenvalue weighted by Gasteiger charge is -2.22. The fourth-order valence-corrected chi connectivity index (χ4v) is 3.42. The molecule has 0 radical (unpaired) electrons. The van der Waals surface area contributed by atoms with Crippen LogP contribution in [0.3, 0.4) is 0 Å². The van der Waals surface area contributed by atoms with Gasteiger partial charge in [0, 0.05) is 37.6 Å². The zero-order valence-corrected chi connectivity index (χ0v) is 13.6. The van der Waals surface area contributed by atoms with Crippen molar-refractivity contribution in [1.29, 1.82) is 0 Å². The van der Waals surface area contributed by atoms with E-state index in [4.69, 9.17) is 0 Å². The second-order valence-corrected chi connectivity index (χ2v) is 6.31. The molecule has 0 amide bonds. The third-order valence-corrected chi connectivity index (χ3v) is 4.56. The first-order chi connectivity index (χ1) is 11.7. The van der Waals surface area contributed by atoms with Crippen molar-refractivity contribution in [2.75, 3.05) is 6.54 Å². The molecule has 0 unspecified atom stereocenters. The summed E-state index contributed by atoms with van der Waals surface area (Å²) < 4.78 is 17.0. The van der Waals surface area contributed by atoms with Gasteiger partial charge in [-0.2, -0.15) is 10.2 Å². The number of nitrogens with zero attached hydrogens (tertiary/aromatic N) is 5. The van der Waals surface area contributed by atoms with Gasteiger partial charge in [-0.15, -0.1) is 0 Å². The summed E-state index contributed by atoms with van der Waals surface area (Å²) in [5.74, 6) is -0.249. The van der Waals surface area contributed by atoms with Crippen LogP contribution in [0.15, 0.2) is 48.9 Å². The molecule has 3 heterocycles. The molecule has 5 nitrogen and oxygen atoms in total. The van der Waals surface area contributed by atoms with E-state index in [0.717, 1.165) is 30.9 Å². The van der Waals surface area contributed by atoms with Crippen molar-refractivity contribution >= 4 is 0 Å². The van der Waals surface area contributed by atoms with Gasteiger partial charge in [0.2, 0.25) is 0 Å². The van der Waals surface area contributed by atoms with Crippen molar-refractivity contribution in [3.8, 4) is 5.69 Å². The summed E-state index contributed by atoms with van der Waals surface area (Å²) in [6.45, 7) is 1.86. The number of hydrogen-bond donors (Lipinski definition) is 0. The lowest BCUT2D eigenvalue weighted by atomic mass is 10.1. The van der Waals surface area contributed by atoms with Gasteiger partial charge in [0.25, 0.3) is 0 Å². The minimum Gasteiger partial charge on any atom is -0.290 e. The van der Waals surface area contributed by atoms with Gasteiger partial charge in [-0.3, -0.25) is 9.58 Å². The summed E-state index contributed by atoms with van der Waals surface area (Å²) in [4.78, 5) is 2.44. The van der Waals surface area contributed by atoms with E-state index in [1.807, 2.05) is 36.3 Å². The molecule has 0 saturated carbocycles. The maximum Gasteiger partial charge on any atom is 0.125 e. The Hall–Kier alpha value is -2.47. The second kappa shape index (κ2) is 6.20. The summed E-state index contributed by atoms with van der Waals surface area (Å²) >= 11 is 0. The number of hydrogen-bond acceptors (Lipinski definition) is 3. The van der Waals surface area contributed by atoms with Gasteiger partial charge in [-0.25, -0.2) is 9.07 Å². The van der Waals surface area contributed by atoms with E-state index >= 15 is 0 Å². The Balaban J connectivity index is 1.51. The maximum atomic E-state index is 13.4. The molecule has 1 aromatic carbocycles. The van der Waals surface area contributed by atoms with Crippen LogP contribution >= 0.6 is 0 Å². The molecule has 1 aliphatic rings. The summed E-state index contributed by atoms with van der Waals surface area (Å²) in [7, 11) is 1.95. The normalized spacial score (nSPS) is 18.3. The molecule has 0 spiro atoms. The lowest BCUT2D eigenvalue weighted by Crippen LogP contribution is -2.22. The molecule has 3 aromatic rings. The van der Waals surface area contributed by atoms with Crippen LogP contribution in [0.1, 0.15) is 30.1 Å². The largest absolute Gasteiger partial charge is 0.290 e. The Labute approximate surface area is 140 Å². The fourth-order valence-electron chi connectivity index (χ4n) is 3.42. The highest BCUT2D eigenvalue weighted by Gasteiger charge is 2.27. The van der Waals surface area contributed by atoms with E-state index in [-0.39, 0.29) is 5.82 Å². The Kier molecular flexibility index (Phi) is 3.90. The van der Waals surface area contributed by atoms with E-state index in [0.29, 0.717) is 6.04 Å². The van der Waals surface area contributed by atoms with Gasteiger partial charge in [0.1, 0.15) is 5.82 Å². The number of rotatable bonds is 4. The molecule has 2 aromatic heterocycles. The third-order valence-electron chi connectivity index (χ3n) is 4.56. The molecule has 0 N–H and O–H groups in total. The van der Waals surface area contributed by atoms with Crippen molar-refractivity contribution in [3.05, 3.63) is 66.0 Å². The molecule has 1 saturated heterocycles. The SMILES string of the molecule is Cn1cc([C@@H]2CCCN2Cc2ccn(-c3cccc(F)c3)n2)cn1. The molecule has 0 bridgehead atoms. The Bertz CT molecular complexity index is 837. The van der Waals surface area contributed by atoms with Crippen LogP contribution in [-0.4, -0.2) is 31.0 Å². The molecular formula is C18H20FN5. The summed E-state index contributed by atoms with van der Waals surface area (Å²) in [6.07, 6.45) is 8.27. The zero-order valence-electron chi connectivity index (χ0n) is 13.6. The Morgan fingerprint density at radius 2 is 2.21 bits per heavy atom. The van der Waals surface area contributed by atoms with Gasteiger partial charge >= 0.3 is 0 Å². The molecule has 4 rings (SSSR count). The maximum absolute atomic E-state index is 13.4. The first-order valence-electron chi connectivity index (χ1n) is 8.22. The highest BCUT2D eigenvalue weighted by Crippen LogP contribution is 2.32. The highest BCUT2D eigenvalue weighted by molar-refractivity contribution is 5.31. The van der Waals surface area contributed by atoms with E-state index in [9.17, 15) is 4.39 Å². The van der Waals surface area contributed by atoms with Crippen molar-refractivity contribution in [2.24, 2.45) is 7.05 Å². The number of aryl methyl sites for hydroxylation is 1. The van der Waals surface area contributed by atoms with E-state index in [1.165, 1.54) is 24.1 Å². The lowest BCUT2D eigenvalue weighted by molar-refractivity contribution is 0.245. The Morgan fingerprint density at radius 3 is 3.00 bits per heavy atom. The summed E-state index contributed by atoms with van der Waals surface area (Å²) in [5, 5.41) is 8.90. The van der Waals surface area contributed by atoms with E-state index in [1.54, 1.807) is 10.7 Å². The number of aromatic nitrogens is 4. The van der Waals surface area contributed by atoms with E-state index in [2.05, 4.69) is 21.3 Å². The average molecular weight is 325 g/mol. The van der Waals surface area contributed by atoms with Crippen LogP contribution in [0, 0.1) is 5.82 Å². The van der Waals surface area contributed by atoms with Gasteiger partial charge in [-0.1, -0.05) is 6.07 Å². The monoisotopic (exact) mass is 325 g/mol. The summed E-state index contributed by atoms with van der Waals surface area (Å²) in [6, 6.07) is 8.89. The van der Waals surface area contributed by atoms with Crippen LogP contribution in [0.25, 0.3) is 5.69 Å². The molecule has 1 atom stereocenters. The summed E-state index contributed by atoms with van der Waals surface area (Å²) in [5.41, 5.74) is 3.00. The molecule has 6 heteroatoms. The number of likely N-dealkylation sites (tertiary alicyclic amines) is 1.